The minimum Gasteiger partial charge on any atom is -0.358 e. The molecule has 0 aliphatic rings. The van der Waals surface area contributed by atoms with Crippen molar-refractivity contribution in [3.63, 3.8) is 0 Å². The molecule has 2 rings (SSSR count). The van der Waals surface area contributed by atoms with E-state index in [0.717, 1.165) is 6.42 Å². The zero-order chi connectivity index (χ0) is 7.68. The number of H-pyrrole nitrogens is 1. The first-order valence-corrected chi connectivity index (χ1v) is 3.82. The maximum absolute atomic E-state index is 4.04. The van der Waals surface area contributed by atoms with Gasteiger partial charge in [-0.2, -0.15) is 0 Å². The molecule has 2 heterocycles. The molecular weight excluding hydrogens is 136 g/mol. The van der Waals surface area contributed by atoms with Gasteiger partial charge in [-0.05, 0) is 18.6 Å². The second kappa shape index (κ2) is 2.38. The van der Waals surface area contributed by atoms with Crippen molar-refractivity contribution >= 4 is 10.9 Å². The second-order valence-corrected chi connectivity index (χ2v) is 2.61. The summed E-state index contributed by atoms with van der Waals surface area (Å²) < 4.78 is 0. The topological polar surface area (TPSA) is 28.7 Å². The van der Waals surface area contributed by atoms with Crippen molar-refractivity contribution in [1.29, 1.82) is 0 Å². The van der Waals surface area contributed by atoms with Gasteiger partial charge >= 0.3 is 0 Å². The summed E-state index contributed by atoms with van der Waals surface area (Å²) in [5, 5.41) is 1.20. The smallest absolute Gasteiger partial charge is 0.0487 e. The molecule has 11 heavy (non-hydrogen) atoms. The predicted octanol–water partition coefficient (Wildman–Crippen LogP) is 2.13. The lowest BCUT2D eigenvalue weighted by atomic mass is 10.3. The fourth-order valence-corrected chi connectivity index (χ4v) is 1.22. The van der Waals surface area contributed by atoms with Gasteiger partial charge in [0.15, 0.2) is 0 Å². The summed E-state index contributed by atoms with van der Waals surface area (Å²) in [6, 6.07) is 4.14. The monoisotopic (exact) mass is 146 g/mol. The van der Waals surface area contributed by atoms with Gasteiger partial charge in [-0.3, -0.25) is 4.98 Å². The Bertz CT molecular complexity index is 329. The van der Waals surface area contributed by atoms with Crippen LogP contribution in [0.1, 0.15) is 12.6 Å². The third-order valence-corrected chi connectivity index (χ3v) is 1.86. The number of aromatic nitrogens is 2. The number of aromatic amines is 1. The van der Waals surface area contributed by atoms with Crippen LogP contribution < -0.4 is 0 Å². The van der Waals surface area contributed by atoms with E-state index >= 15 is 0 Å². The summed E-state index contributed by atoms with van der Waals surface area (Å²) in [4.78, 5) is 7.35. The van der Waals surface area contributed by atoms with Gasteiger partial charge in [0.2, 0.25) is 0 Å². The summed E-state index contributed by atoms with van der Waals surface area (Å²) in [5.74, 6) is 0. The van der Waals surface area contributed by atoms with Crippen molar-refractivity contribution in [3.05, 3.63) is 30.2 Å². The molecule has 56 valence electrons. The summed E-state index contributed by atoms with van der Waals surface area (Å²) >= 11 is 0. The van der Waals surface area contributed by atoms with Gasteiger partial charge in [0.25, 0.3) is 0 Å². The lowest BCUT2D eigenvalue weighted by Gasteiger charge is -1.84. The van der Waals surface area contributed by atoms with Crippen LogP contribution in [-0.4, -0.2) is 9.97 Å². The van der Waals surface area contributed by atoms with Crippen LogP contribution in [0.25, 0.3) is 10.9 Å². The van der Waals surface area contributed by atoms with Crippen LogP contribution in [0.15, 0.2) is 24.5 Å². The first kappa shape index (κ1) is 6.40. The molecule has 2 heteroatoms. The van der Waals surface area contributed by atoms with Crippen molar-refractivity contribution in [2.45, 2.75) is 13.3 Å². The van der Waals surface area contributed by atoms with Crippen molar-refractivity contribution in [2.24, 2.45) is 0 Å². The molecule has 0 spiro atoms. The lowest BCUT2D eigenvalue weighted by Crippen LogP contribution is -1.75. The quantitative estimate of drug-likeness (QED) is 0.656. The maximum Gasteiger partial charge on any atom is 0.0487 e. The molecular formula is C9H10N2. The third kappa shape index (κ3) is 1.00. The molecule has 0 aliphatic carbocycles. The van der Waals surface area contributed by atoms with E-state index in [-0.39, 0.29) is 0 Å². The molecule has 0 radical (unpaired) electrons. The minimum atomic E-state index is 1.05. The van der Waals surface area contributed by atoms with Gasteiger partial charge in [-0.1, -0.05) is 6.92 Å². The van der Waals surface area contributed by atoms with Crippen molar-refractivity contribution in [1.82, 2.24) is 9.97 Å². The standard InChI is InChI=1S/C9H10N2/c1-2-8-5-7-6-10-4-3-9(7)11-8/h3-6,11H,2H2,1H3. The predicted molar refractivity (Wildman–Crippen MR) is 45.5 cm³/mol. The molecule has 0 aromatic carbocycles. The largest absolute Gasteiger partial charge is 0.358 e. The van der Waals surface area contributed by atoms with E-state index < -0.39 is 0 Å². The number of hydrogen-bond donors (Lipinski definition) is 1. The highest BCUT2D eigenvalue weighted by molar-refractivity contribution is 5.78. The van der Waals surface area contributed by atoms with Gasteiger partial charge in [-0.15, -0.1) is 0 Å². The van der Waals surface area contributed by atoms with Crippen LogP contribution >= 0.6 is 0 Å². The Balaban J connectivity index is 2.69. The van der Waals surface area contributed by atoms with Crippen LogP contribution in [0.4, 0.5) is 0 Å². The fourth-order valence-electron chi connectivity index (χ4n) is 1.22. The number of nitrogens with one attached hydrogen (secondary N) is 1. The number of nitrogens with zero attached hydrogens (tertiary/aromatic N) is 1. The summed E-state index contributed by atoms with van der Waals surface area (Å²) in [6.45, 7) is 2.14. The van der Waals surface area contributed by atoms with Crippen molar-refractivity contribution < 1.29 is 0 Å². The molecule has 0 saturated carbocycles. The first-order valence-electron chi connectivity index (χ1n) is 3.82. The second-order valence-electron chi connectivity index (χ2n) is 2.61. The molecule has 0 unspecified atom stereocenters. The highest BCUT2D eigenvalue weighted by atomic mass is 14.7. The Labute approximate surface area is 65.3 Å². The SMILES string of the molecule is CCc1cc2cnccc2[nH]1. The fraction of sp³-hybridized carbons (Fsp3) is 0.222. The normalized spacial score (nSPS) is 10.6. The summed E-state index contributed by atoms with van der Waals surface area (Å²) in [6.07, 6.45) is 4.73. The minimum absolute atomic E-state index is 1.05. The van der Waals surface area contributed by atoms with Crippen molar-refractivity contribution in [3.8, 4) is 0 Å². The molecule has 2 aromatic rings. The summed E-state index contributed by atoms with van der Waals surface area (Å²) in [7, 11) is 0. The van der Waals surface area contributed by atoms with E-state index in [1.807, 2.05) is 12.3 Å². The molecule has 0 aliphatic heterocycles. The lowest BCUT2D eigenvalue weighted by molar-refractivity contribution is 1.07. The van der Waals surface area contributed by atoms with Crippen molar-refractivity contribution in [2.75, 3.05) is 0 Å². The van der Waals surface area contributed by atoms with Gasteiger partial charge in [0, 0.05) is 29.0 Å². The Kier molecular flexibility index (Phi) is 1.39. The molecule has 2 aromatic heterocycles. The van der Waals surface area contributed by atoms with E-state index in [9.17, 15) is 0 Å². The number of rotatable bonds is 1. The van der Waals surface area contributed by atoms with Gasteiger partial charge in [0.1, 0.15) is 0 Å². The molecule has 0 bridgehead atoms. The zero-order valence-electron chi connectivity index (χ0n) is 6.46. The van der Waals surface area contributed by atoms with Gasteiger partial charge in [-0.25, -0.2) is 0 Å². The molecule has 1 N–H and O–H groups in total. The Hall–Kier alpha value is -1.31. The van der Waals surface area contributed by atoms with Gasteiger partial charge < -0.3 is 4.98 Å². The van der Waals surface area contributed by atoms with E-state index in [1.54, 1.807) is 6.20 Å². The number of hydrogen-bond acceptors (Lipinski definition) is 1. The zero-order valence-corrected chi connectivity index (χ0v) is 6.46. The van der Waals surface area contributed by atoms with Crippen LogP contribution in [0.3, 0.4) is 0 Å². The number of aryl methyl sites for hydroxylation is 1. The summed E-state index contributed by atoms with van der Waals surface area (Å²) in [5.41, 5.74) is 2.45. The highest BCUT2D eigenvalue weighted by Gasteiger charge is 1.96. The highest BCUT2D eigenvalue weighted by Crippen LogP contribution is 2.12. The van der Waals surface area contributed by atoms with E-state index in [0.29, 0.717) is 0 Å². The Morgan fingerprint density at radius 3 is 3.18 bits per heavy atom. The molecule has 0 fully saturated rings. The molecule has 0 amide bonds. The van der Waals surface area contributed by atoms with Crippen LogP contribution in [-0.2, 0) is 6.42 Å². The van der Waals surface area contributed by atoms with Crippen LogP contribution in [0.2, 0.25) is 0 Å². The Morgan fingerprint density at radius 2 is 2.45 bits per heavy atom. The van der Waals surface area contributed by atoms with Gasteiger partial charge in [0.05, 0.1) is 0 Å². The van der Waals surface area contributed by atoms with Crippen LogP contribution in [0, 0.1) is 0 Å². The first-order chi connectivity index (χ1) is 5.40. The average Bonchev–Trinajstić information content (AvgIpc) is 2.46. The third-order valence-electron chi connectivity index (χ3n) is 1.86. The maximum atomic E-state index is 4.04. The van der Waals surface area contributed by atoms with E-state index in [4.69, 9.17) is 0 Å². The molecule has 2 nitrogen and oxygen atoms in total. The number of pyridine rings is 1. The molecule has 0 atom stereocenters. The average molecular weight is 146 g/mol. The molecule has 0 saturated heterocycles. The van der Waals surface area contributed by atoms with Crippen LogP contribution in [0.5, 0.6) is 0 Å². The van der Waals surface area contributed by atoms with E-state index in [1.165, 1.54) is 16.6 Å². The number of fused-ring (bicyclic) bond motifs is 1. The van der Waals surface area contributed by atoms with E-state index in [2.05, 4.69) is 23.0 Å². The Morgan fingerprint density at radius 1 is 1.55 bits per heavy atom.